The lowest BCUT2D eigenvalue weighted by Crippen LogP contribution is -2.18. The first-order valence-corrected chi connectivity index (χ1v) is 3.62. The van der Waals surface area contributed by atoms with Gasteiger partial charge in [0, 0.05) is 13.1 Å². The van der Waals surface area contributed by atoms with Crippen molar-refractivity contribution < 1.29 is 0 Å². The molecule has 0 unspecified atom stereocenters. The van der Waals surface area contributed by atoms with Crippen LogP contribution in [0.1, 0.15) is 6.92 Å². The van der Waals surface area contributed by atoms with Crippen molar-refractivity contribution in [2.75, 3.05) is 13.1 Å². The molecule has 0 aliphatic carbocycles. The Labute approximate surface area is 62.3 Å². The summed E-state index contributed by atoms with van der Waals surface area (Å²) < 4.78 is 0. The molecule has 0 saturated carbocycles. The normalized spacial score (nSPS) is 17.1. The third kappa shape index (κ3) is 2.09. The Morgan fingerprint density at radius 3 is 3.00 bits per heavy atom. The van der Waals surface area contributed by atoms with Gasteiger partial charge in [-0.2, -0.15) is 0 Å². The van der Waals surface area contributed by atoms with Gasteiger partial charge < -0.3 is 4.90 Å². The Morgan fingerprint density at radius 1 is 1.50 bits per heavy atom. The second-order valence-electron chi connectivity index (χ2n) is 2.29. The molecule has 0 fully saturated rings. The van der Waals surface area contributed by atoms with Crippen molar-refractivity contribution in [1.82, 2.24) is 4.90 Å². The lowest BCUT2D eigenvalue weighted by Gasteiger charge is -2.17. The van der Waals surface area contributed by atoms with Crippen LogP contribution in [0.15, 0.2) is 36.6 Å². The summed E-state index contributed by atoms with van der Waals surface area (Å²) >= 11 is 0. The summed E-state index contributed by atoms with van der Waals surface area (Å²) in [5.74, 6) is 0. The first-order chi connectivity index (χ1) is 4.93. The molecule has 0 N–H and O–H groups in total. The van der Waals surface area contributed by atoms with E-state index in [2.05, 4.69) is 41.5 Å². The molecular formula is C9H13N. The fourth-order valence-electron chi connectivity index (χ4n) is 0.883. The summed E-state index contributed by atoms with van der Waals surface area (Å²) in [6, 6.07) is 0. The predicted molar refractivity (Wildman–Crippen MR) is 44.7 cm³/mol. The molecule has 0 bridgehead atoms. The number of hydrogen-bond donors (Lipinski definition) is 0. The van der Waals surface area contributed by atoms with Crippen molar-refractivity contribution in [2.45, 2.75) is 6.92 Å². The molecule has 54 valence electrons. The third-order valence-corrected chi connectivity index (χ3v) is 1.46. The average Bonchev–Trinajstić information content (AvgIpc) is 2.03. The largest absolute Gasteiger partial charge is 0.370 e. The van der Waals surface area contributed by atoms with Gasteiger partial charge in [-0.1, -0.05) is 24.3 Å². The van der Waals surface area contributed by atoms with Crippen molar-refractivity contribution in [3.8, 4) is 0 Å². The summed E-state index contributed by atoms with van der Waals surface area (Å²) in [4.78, 5) is 2.25. The molecule has 0 radical (unpaired) electrons. The van der Waals surface area contributed by atoms with Crippen molar-refractivity contribution in [2.24, 2.45) is 0 Å². The number of nitrogens with zero attached hydrogens (tertiary/aromatic N) is 1. The SMILES string of the molecule is C/C=C\CN1C=CC=CC1. The fourth-order valence-corrected chi connectivity index (χ4v) is 0.883. The second-order valence-corrected chi connectivity index (χ2v) is 2.29. The van der Waals surface area contributed by atoms with Crippen LogP contribution in [0.5, 0.6) is 0 Å². The van der Waals surface area contributed by atoms with Gasteiger partial charge in [0.1, 0.15) is 0 Å². The highest BCUT2D eigenvalue weighted by Gasteiger charge is 1.93. The number of allylic oxidation sites excluding steroid dienone is 3. The van der Waals surface area contributed by atoms with Crippen molar-refractivity contribution in [3.63, 3.8) is 0 Å². The standard InChI is InChI=1S/C9H13N/c1-2-3-7-10-8-5-4-6-9-10/h2-6,8H,7,9H2,1H3/b3-2-. The Morgan fingerprint density at radius 2 is 2.40 bits per heavy atom. The summed E-state index contributed by atoms with van der Waals surface area (Å²) in [7, 11) is 0. The molecule has 1 heteroatoms. The van der Waals surface area contributed by atoms with Crippen LogP contribution in [0.25, 0.3) is 0 Å². The molecule has 1 aliphatic rings. The van der Waals surface area contributed by atoms with Crippen LogP contribution >= 0.6 is 0 Å². The minimum absolute atomic E-state index is 1.03. The first-order valence-electron chi connectivity index (χ1n) is 3.62. The van der Waals surface area contributed by atoms with Gasteiger partial charge in [0.05, 0.1) is 0 Å². The highest BCUT2D eigenvalue weighted by Crippen LogP contribution is 1.97. The minimum atomic E-state index is 1.03. The van der Waals surface area contributed by atoms with Crippen LogP contribution in [-0.4, -0.2) is 18.0 Å². The van der Waals surface area contributed by atoms with E-state index in [0.717, 1.165) is 13.1 Å². The Bertz CT molecular complexity index is 166. The molecule has 0 saturated heterocycles. The summed E-state index contributed by atoms with van der Waals surface area (Å²) in [6.45, 7) is 4.11. The van der Waals surface area contributed by atoms with Gasteiger partial charge in [0.25, 0.3) is 0 Å². The molecule has 0 aromatic carbocycles. The van der Waals surface area contributed by atoms with Crippen LogP contribution in [0.4, 0.5) is 0 Å². The van der Waals surface area contributed by atoms with Crippen molar-refractivity contribution in [1.29, 1.82) is 0 Å². The van der Waals surface area contributed by atoms with E-state index in [9.17, 15) is 0 Å². The molecule has 1 aliphatic heterocycles. The van der Waals surface area contributed by atoms with Gasteiger partial charge in [0.2, 0.25) is 0 Å². The molecule has 10 heavy (non-hydrogen) atoms. The minimum Gasteiger partial charge on any atom is -0.370 e. The first kappa shape index (κ1) is 7.13. The molecule has 1 heterocycles. The maximum atomic E-state index is 2.25. The van der Waals surface area contributed by atoms with E-state index in [-0.39, 0.29) is 0 Å². The van der Waals surface area contributed by atoms with Gasteiger partial charge in [-0.3, -0.25) is 0 Å². The molecule has 0 aromatic rings. The summed E-state index contributed by atoms with van der Waals surface area (Å²) in [5.41, 5.74) is 0. The van der Waals surface area contributed by atoms with Crippen LogP contribution in [0.2, 0.25) is 0 Å². The summed E-state index contributed by atoms with van der Waals surface area (Å²) in [5, 5.41) is 0. The van der Waals surface area contributed by atoms with E-state index >= 15 is 0 Å². The van der Waals surface area contributed by atoms with Crippen LogP contribution in [-0.2, 0) is 0 Å². The Hall–Kier alpha value is -0.980. The van der Waals surface area contributed by atoms with Gasteiger partial charge in [-0.05, 0) is 19.2 Å². The smallest absolute Gasteiger partial charge is 0.0360 e. The van der Waals surface area contributed by atoms with E-state index < -0.39 is 0 Å². The molecule has 0 atom stereocenters. The summed E-state index contributed by atoms with van der Waals surface area (Å²) in [6.07, 6.45) is 12.6. The average molecular weight is 135 g/mol. The molecule has 0 aromatic heterocycles. The van der Waals surface area contributed by atoms with E-state index in [0.29, 0.717) is 0 Å². The van der Waals surface area contributed by atoms with Gasteiger partial charge in [0.15, 0.2) is 0 Å². The quantitative estimate of drug-likeness (QED) is 0.523. The highest BCUT2D eigenvalue weighted by atomic mass is 15.1. The zero-order valence-electron chi connectivity index (χ0n) is 6.33. The fraction of sp³-hybridized carbons (Fsp3) is 0.333. The predicted octanol–water partition coefficient (Wildman–Crippen LogP) is 1.95. The zero-order chi connectivity index (χ0) is 7.23. The molecule has 0 amide bonds. The van der Waals surface area contributed by atoms with Crippen LogP contribution in [0, 0.1) is 0 Å². The van der Waals surface area contributed by atoms with Crippen molar-refractivity contribution in [3.05, 3.63) is 36.6 Å². The van der Waals surface area contributed by atoms with Crippen molar-refractivity contribution >= 4 is 0 Å². The lowest BCUT2D eigenvalue weighted by molar-refractivity contribution is 0.457. The molecular weight excluding hydrogens is 122 g/mol. The van der Waals surface area contributed by atoms with E-state index in [1.165, 1.54) is 0 Å². The van der Waals surface area contributed by atoms with Crippen LogP contribution in [0.3, 0.4) is 0 Å². The molecule has 0 spiro atoms. The maximum Gasteiger partial charge on any atom is 0.0360 e. The Balaban J connectivity index is 2.30. The van der Waals surface area contributed by atoms with E-state index in [4.69, 9.17) is 0 Å². The highest BCUT2D eigenvalue weighted by molar-refractivity contribution is 5.09. The van der Waals surface area contributed by atoms with E-state index in [1.807, 2.05) is 6.92 Å². The molecule has 1 rings (SSSR count). The van der Waals surface area contributed by atoms with Gasteiger partial charge in [-0.15, -0.1) is 0 Å². The third-order valence-electron chi connectivity index (χ3n) is 1.46. The maximum absolute atomic E-state index is 2.25. The van der Waals surface area contributed by atoms with Crippen LogP contribution < -0.4 is 0 Å². The second kappa shape index (κ2) is 3.94. The van der Waals surface area contributed by atoms with E-state index in [1.54, 1.807) is 0 Å². The number of hydrogen-bond acceptors (Lipinski definition) is 1. The Kier molecular flexibility index (Phi) is 2.81. The monoisotopic (exact) mass is 135 g/mol. The van der Waals surface area contributed by atoms with Gasteiger partial charge in [-0.25, -0.2) is 0 Å². The molecule has 1 nitrogen and oxygen atoms in total. The lowest BCUT2D eigenvalue weighted by atomic mass is 10.3. The number of rotatable bonds is 2. The topological polar surface area (TPSA) is 3.24 Å². The zero-order valence-corrected chi connectivity index (χ0v) is 6.33. The van der Waals surface area contributed by atoms with Gasteiger partial charge >= 0.3 is 0 Å².